The van der Waals surface area contributed by atoms with Gasteiger partial charge in [-0.05, 0) is 30.5 Å². The number of hydrogen-bond acceptors (Lipinski definition) is 2. The first-order valence-corrected chi connectivity index (χ1v) is 4.04. The Morgan fingerprint density at radius 3 is 2.92 bits per heavy atom. The van der Waals surface area contributed by atoms with Crippen molar-refractivity contribution in [2.45, 2.75) is 19.3 Å². The van der Waals surface area contributed by atoms with E-state index in [0.29, 0.717) is 6.54 Å². The second-order valence-corrected chi connectivity index (χ2v) is 2.91. The van der Waals surface area contributed by atoms with E-state index in [1.165, 1.54) is 12.3 Å². The van der Waals surface area contributed by atoms with Crippen LogP contribution in [-0.2, 0) is 0 Å². The summed E-state index contributed by atoms with van der Waals surface area (Å²) >= 11 is 0. The van der Waals surface area contributed by atoms with Crippen molar-refractivity contribution in [3.8, 4) is 0 Å². The van der Waals surface area contributed by atoms with Crippen LogP contribution in [0.1, 0.15) is 24.8 Å². The molecule has 1 aromatic heterocycles. The molecule has 0 aliphatic heterocycles. The van der Waals surface area contributed by atoms with Gasteiger partial charge in [0.2, 0.25) is 0 Å². The summed E-state index contributed by atoms with van der Waals surface area (Å²) in [4.78, 5) is 3.77. The Hall–Kier alpha value is -0.960. The minimum Gasteiger partial charge on any atom is -0.330 e. The smallest absolute Gasteiger partial charge is 0.141 e. The van der Waals surface area contributed by atoms with Gasteiger partial charge in [0.05, 0.1) is 6.20 Å². The molecule has 1 rings (SSSR count). The zero-order valence-corrected chi connectivity index (χ0v) is 7.13. The fraction of sp³-hybridized carbons (Fsp3) is 0.444. The van der Waals surface area contributed by atoms with Crippen LogP contribution in [0.3, 0.4) is 0 Å². The summed E-state index contributed by atoms with van der Waals surface area (Å²) in [5, 5.41) is 0. The zero-order chi connectivity index (χ0) is 8.97. The van der Waals surface area contributed by atoms with Crippen LogP contribution >= 0.6 is 0 Å². The topological polar surface area (TPSA) is 38.9 Å². The fourth-order valence-electron chi connectivity index (χ4n) is 1.11. The van der Waals surface area contributed by atoms with Crippen LogP contribution in [0.4, 0.5) is 4.39 Å². The first kappa shape index (κ1) is 9.13. The lowest BCUT2D eigenvalue weighted by molar-refractivity contribution is 0.609. The summed E-state index contributed by atoms with van der Waals surface area (Å²) < 4.78 is 12.7. The number of halogens is 1. The molecule has 1 heterocycles. The molecule has 12 heavy (non-hydrogen) atoms. The van der Waals surface area contributed by atoms with Gasteiger partial charge in [0, 0.05) is 6.20 Å². The van der Waals surface area contributed by atoms with E-state index in [1.807, 2.05) is 6.92 Å². The predicted octanol–water partition coefficient (Wildman–Crippen LogP) is 1.67. The highest BCUT2D eigenvalue weighted by molar-refractivity contribution is 5.14. The lowest BCUT2D eigenvalue weighted by Gasteiger charge is -2.08. The molecule has 2 N–H and O–H groups in total. The average Bonchev–Trinajstić information content (AvgIpc) is 2.05. The minimum absolute atomic E-state index is 0.281. The van der Waals surface area contributed by atoms with E-state index in [2.05, 4.69) is 4.98 Å². The molecular weight excluding hydrogens is 155 g/mol. The quantitative estimate of drug-likeness (QED) is 0.745. The largest absolute Gasteiger partial charge is 0.330 e. The lowest BCUT2D eigenvalue weighted by Crippen LogP contribution is -2.04. The number of aromatic nitrogens is 1. The van der Waals surface area contributed by atoms with Gasteiger partial charge in [-0.3, -0.25) is 4.98 Å². The van der Waals surface area contributed by atoms with Gasteiger partial charge in [-0.1, -0.05) is 6.92 Å². The number of hydrogen-bond donors (Lipinski definition) is 1. The van der Waals surface area contributed by atoms with Crippen LogP contribution in [0.25, 0.3) is 0 Å². The molecule has 3 heteroatoms. The van der Waals surface area contributed by atoms with E-state index >= 15 is 0 Å². The Morgan fingerprint density at radius 1 is 1.58 bits per heavy atom. The summed E-state index contributed by atoms with van der Waals surface area (Å²) in [7, 11) is 0. The van der Waals surface area contributed by atoms with Gasteiger partial charge >= 0.3 is 0 Å². The van der Waals surface area contributed by atoms with Crippen molar-refractivity contribution in [1.82, 2.24) is 4.98 Å². The molecule has 1 atom stereocenters. The van der Waals surface area contributed by atoms with E-state index in [-0.39, 0.29) is 11.7 Å². The molecule has 0 aliphatic rings. The summed E-state index contributed by atoms with van der Waals surface area (Å²) in [5.74, 6) is 0.00886. The molecule has 0 spiro atoms. The van der Waals surface area contributed by atoms with E-state index < -0.39 is 0 Å². The second-order valence-electron chi connectivity index (χ2n) is 2.91. The summed E-state index contributed by atoms with van der Waals surface area (Å²) in [6.07, 6.45) is 3.76. The van der Waals surface area contributed by atoms with Crippen LogP contribution in [0.5, 0.6) is 0 Å². The zero-order valence-electron chi connectivity index (χ0n) is 7.13. The normalized spacial score (nSPS) is 12.9. The van der Waals surface area contributed by atoms with Crippen LogP contribution in [0, 0.1) is 5.82 Å². The third-order valence-electron chi connectivity index (χ3n) is 1.89. The fourth-order valence-corrected chi connectivity index (χ4v) is 1.11. The molecule has 0 aromatic carbocycles. The first-order chi connectivity index (χ1) is 5.74. The number of rotatable bonds is 3. The number of nitrogens with two attached hydrogens (primary N) is 1. The maximum absolute atomic E-state index is 12.7. The molecule has 0 saturated carbocycles. The Bertz CT molecular complexity index is 250. The van der Waals surface area contributed by atoms with Crippen LogP contribution < -0.4 is 5.73 Å². The second kappa shape index (κ2) is 4.16. The van der Waals surface area contributed by atoms with Crippen LogP contribution in [-0.4, -0.2) is 11.5 Å². The third-order valence-corrected chi connectivity index (χ3v) is 1.89. The van der Waals surface area contributed by atoms with E-state index in [4.69, 9.17) is 5.73 Å². The molecular formula is C9H13FN2. The lowest BCUT2D eigenvalue weighted by atomic mass is 10.00. The molecule has 0 saturated heterocycles. The van der Waals surface area contributed by atoms with Gasteiger partial charge < -0.3 is 5.73 Å². The monoisotopic (exact) mass is 168 g/mol. The maximum Gasteiger partial charge on any atom is 0.141 e. The highest BCUT2D eigenvalue weighted by atomic mass is 19.1. The Kier molecular flexibility index (Phi) is 3.17. The molecule has 0 aliphatic carbocycles. The molecule has 66 valence electrons. The van der Waals surface area contributed by atoms with Crippen molar-refractivity contribution in [1.29, 1.82) is 0 Å². The molecule has 1 aromatic rings. The predicted molar refractivity (Wildman–Crippen MR) is 46.3 cm³/mol. The standard InChI is InChI=1S/C9H13FN2/c1-7(2-3-11)8-4-9(10)6-12-5-8/h4-7H,2-3,11H2,1H3. The van der Waals surface area contributed by atoms with Crippen molar-refractivity contribution in [3.63, 3.8) is 0 Å². The van der Waals surface area contributed by atoms with Gasteiger partial charge in [-0.15, -0.1) is 0 Å². The first-order valence-electron chi connectivity index (χ1n) is 4.04. The third kappa shape index (κ3) is 2.27. The van der Waals surface area contributed by atoms with Gasteiger partial charge in [0.15, 0.2) is 0 Å². The number of nitrogens with zero attached hydrogens (tertiary/aromatic N) is 1. The minimum atomic E-state index is -0.281. The Balaban J connectivity index is 2.73. The van der Waals surface area contributed by atoms with Crippen LogP contribution in [0.2, 0.25) is 0 Å². The van der Waals surface area contributed by atoms with Gasteiger partial charge in [0.25, 0.3) is 0 Å². The van der Waals surface area contributed by atoms with Crippen molar-refractivity contribution >= 4 is 0 Å². The van der Waals surface area contributed by atoms with Crippen molar-refractivity contribution < 1.29 is 4.39 Å². The van der Waals surface area contributed by atoms with Crippen molar-refractivity contribution in [2.24, 2.45) is 5.73 Å². The molecule has 0 amide bonds. The summed E-state index contributed by atoms with van der Waals surface area (Å²) in [5.41, 5.74) is 6.31. The summed E-state index contributed by atoms with van der Waals surface area (Å²) in [6, 6.07) is 1.51. The molecule has 0 bridgehead atoms. The Morgan fingerprint density at radius 2 is 2.33 bits per heavy atom. The van der Waals surface area contributed by atoms with Crippen molar-refractivity contribution in [3.05, 3.63) is 29.8 Å². The molecule has 2 nitrogen and oxygen atoms in total. The summed E-state index contributed by atoms with van der Waals surface area (Å²) in [6.45, 7) is 2.64. The molecule has 1 unspecified atom stereocenters. The van der Waals surface area contributed by atoms with Gasteiger partial charge in [-0.25, -0.2) is 4.39 Å². The average molecular weight is 168 g/mol. The van der Waals surface area contributed by atoms with Gasteiger partial charge in [-0.2, -0.15) is 0 Å². The van der Waals surface area contributed by atoms with E-state index in [1.54, 1.807) is 6.20 Å². The Labute approximate surface area is 71.6 Å². The number of pyridine rings is 1. The van der Waals surface area contributed by atoms with E-state index in [9.17, 15) is 4.39 Å². The van der Waals surface area contributed by atoms with Gasteiger partial charge in [0.1, 0.15) is 5.82 Å². The highest BCUT2D eigenvalue weighted by Crippen LogP contribution is 2.17. The van der Waals surface area contributed by atoms with Crippen LogP contribution in [0.15, 0.2) is 18.5 Å². The SMILES string of the molecule is CC(CCN)c1cncc(F)c1. The van der Waals surface area contributed by atoms with E-state index in [0.717, 1.165) is 12.0 Å². The molecule has 0 radical (unpaired) electrons. The van der Waals surface area contributed by atoms with Crippen molar-refractivity contribution in [2.75, 3.05) is 6.54 Å². The maximum atomic E-state index is 12.7. The highest BCUT2D eigenvalue weighted by Gasteiger charge is 2.04. The molecule has 0 fully saturated rings.